The zero-order valence-corrected chi connectivity index (χ0v) is 30.2. The van der Waals surface area contributed by atoms with E-state index in [0.717, 1.165) is 11.1 Å². The number of hydrogen-bond donors (Lipinski definition) is 11. The van der Waals surface area contributed by atoms with Gasteiger partial charge in [-0.1, -0.05) is 69.3 Å². The maximum absolute atomic E-state index is 13.8. The van der Waals surface area contributed by atoms with Crippen molar-refractivity contribution in [2.45, 2.75) is 84.1 Å². The highest BCUT2D eigenvalue weighted by atomic mass is 16.2. The van der Waals surface area contributed by atoms with Gasteiger partial charge in [-0.25, -0.2) is 4.99 Å². The average Bonchev–Trinajstić information content (AvgIpc) is 3.08. The van der Waals surface area contributed by atoms with Crippen LogP contribution in [0.3, 0.4) is 0 Å². The van der Waals surface area contributed by atoms with Crippen LogP contribution in [-0.4, -0.2) is 72.6 Å². The van der Waals surface area contributed by atoms with E-state index in [0.29, 0.717) is 37.1 Å². The maximum Gasteiger partial charge on any atom is 0.243 e. The Balaban J connectivity index is 2.18. The van der Waals surface area contributed by atoms with Gasteiger partial charge in [-0.2, -0.15) is 0 Å². The van der Waals surface area contributed by atoms with Crippen molar-refractivity contribution in [2.24, 2.45) is 49.8 Å². The highest BCUT2D eigenvalue weighted by molar-refractivity contribution is 5.95. The molecule has 0 aliphatic rings. The number of benzene rings is 2. The van der Waals surface area contributed by atoms with Crippen LogP contribution < -0.4 is 55.7 Å². The number of rotatable bonds is 20. The Morgan fingerprint density at radius 2 is 1.27 bits per heavy atom. The fraction of sp³-hybridized carbons (Fsp3) is 0.457. The van der Waals surface area contributed by atoms with Crippen LogP contribution >= 0.6 is 0 Å². The van der Waals surface area contributed by atoms with E-state index in [1.54, 1.807) is 69.3 Å². The third-order valence-electron chi connectivity index (χ3n) is 7.91. The topological polar surface area (TPSA) is 321 Å². The summed E-state index contributed by atoms with van der Waals surface area (Å²) in [6, 6.07) is 11.0. The van der Waals surface area contributed by atoms with E-state index in [1.807, 2.05) is 0 Å². The van der Waals surface area contributed by atoms with Crippen molar-refractivity contribution < 1.29 is 19.2 Å². The van der Waals surface area contributed by atoms with Crippen molar-refractivity contribution in [3.8, 4) is 0 Å². The summed E-state index contributed by atoms with van der Waals surface area (Å²) < 4.78 is 0. The molecule has 0 fully saturated rings. The minimum Gasteiger partial charge on any atom is -0.384 e. The SMILES string of the molecule is CC(C)(C)[C@H](NC(=O)[C@H](CCCN=C(N)N)NC(=O)Cc1ccc(CN=C(N)N)cc1)C(=O)N[C@@H](CCCN)C(=O)NCc1ccc(C(=N)N)cc1. The van der Waals surface area contributed by atoms with Crippen LogP contribution in [0.4, 0.5) is 0 Å². The summed E-state index contributed by atoms with van der Waals surface area (Å²) in [7, 11) is 0. The van der Waals surface area contributed by atoms with Gasteiger partial charge in [0.2, 0.25) is 23.6 Å². The molecule has 0 aliphatic carbocycles. The summed E-state index contributed by atoms with van der Waals surface area (Å²) in [6.07, 6.45) is 1.25. The van der Waals surface area contributed by atoms with E-state index >= 15 is 0 Å². The zero-order chi connectivity index (χ0) is 38.8. The molecule has 0 saturated carbocycles. The summed E-state index contributed by atoms with van der Waals surface area (Å²) in [5.74, 6) is -2.19. The summed E-state index contributed by atoms with van der Waals surface area (Å²) in [5, 5.41) is 18.8. The van der Waals surface area contributed by atoms with Gasteiger partial charge in [0.1, 0.15) is 24.0 Å². The molecule has 0 unspecified atom stereocenters. The molecule has 284 valence electrons. The number of nitrogens with one attached hydrogen (secondary N) is 5. The summed E-state index contributed by atoms with van der Waals surface area (Å²) >= 11 is 0. The van der Waals surface area contributed by atoms with E-state index in [2.05, 4.69) is 31.3 Å². The smallest absolute Gasteiger partial charge is 0.243 e. The fourth-order valence-electron chi connectivity index (χ4n) is 5.03. The van der Waals surface area contributed by atoms with Crippen LogP contribution in [0.25, 0.3) is 0 Å². The van der Waals surface area contributed by atoms with Gasteiger partial charge >= 0.3 is 0 Å². The first-order valence-corrected chi connectivity index (χ1v) is 17.0. The van der Waals surface area contributed by atoms with Gasteiger partial charge in [0.25, 0.3) is 0 Å². The van der Waals surface area contributed by atoms with Crippen molar-refractivity contribution in [2.75, 3.05) is 13.1 Å². The van der Waals surface area contributed by atoms with Crippen molar-refractivity contribution >= 4 is 41.4 Å². The maximum atomic E-state index is 13.8. The van der Waals surface area contributed by atoms with Gasteiger partial charge in [0, 0.05) is 18.7 Å². The first kappa shape index (κ1) is 42.5. The molecule has 0 saturated heterocycles. The number of amidine groups is 1. The third kappa shape index (κ3) is 15.5. The molecule has 0 aliphatic heterocycles. The Kier molecular flexibility index (Phi) is 17.0. The molecule has 52 heavy (non-hydrogen) atoms. The summed E-state index contributed by atoms with van der Waals surface area (Å²) in [5.41, 5.74) is 35.0. The molecule has 17 nitrogen and oxygen atoms in total. The third-order valence-corrected chi connectivity index (χ3v) is 7.91. The van der Waals surface area contributed by atoms with E-state index in [1.165, 1.54) is 0 Å². The van der Waals surface area contributed by atoms with Gasteiger partial charge in [-0.3, -0.25) is 29.6 Å². The molecule has 2 aromatic carbocycles. The molecule has 0 bridgehead atoms. The Hall–Kier alpha value is -5.71. The number of nitrogens with two attached hydrogens (primary N) is 6. The first-order chi connectivity index (χ1) is 24.5. The summed E-state index contributed by atoms with van der Waals surface area (Å²) in [4.78, 5) is 61.9. The minimum absolute atomic E-state index is 0.0117. The standard InChI is InChI=1S/C35H55N13O4/c1-35(2,3)28(32(52)47-25(6-4-16-36)30(50)44-19-23-12-14-24(15-13-23)29(37)38)48-31(51)26(7-5-17-43-33(39)40)46-27(49)18-21-8-10-22(11-9-21)20-45-34(41)42/h8-15,25-26,28H,4-7,16-20,36H2,1-3H3,(H3,37,38)(H,44,50)(H,46,49)(H,47,52)(H,48,51)(H4,39,40,43)(H4,41,42,45)/t25-,26-,28+/m0/s1. The minimum atomic E-state index is -1.08. The molecule has 0 aromatic heterocycles. The Morgan fingerprint density at radius 1 is 0.712 bits per heavy atom. The van der Waals surface area contributed by atoms with Gasteiger partial charge in [-0.05, 0) is 54.3 Å². The van der Waals surface area contributed by atoms with Gasteiger partial charge < -0.3 is 55.7 Å². The quantitative estimate of drug-likeness (QED) is 0.0445. The highest BCUT2D eigenvalue weighted by Gasteiger charge is 2.36. The molecular formula is C35H55N13O4. The van der Waals surface area contributed by atoms with E-state index in [9.17, 15) is 19.2 Å². The lowest BCUT2D eigenvalue weighted by atomic mass is 9.85. The molecule has 3 atom stereocenters. The number of guanidine groups is 2. The van der Waals surface area contributed by atoms with Crippen molar-refractivity contribution in [1.29, 1.82) is 5.41 Å². The van der Waals surface area contributed by atoms with Gasteiger partial charge in [0.15, 0.2) is 11.9 Å². The Bertz CT molecular complexity index is 1560. The second-order valence-electron chi connectivity index (χ2n) is 13.4. The van der Waals surface area contributed by atoms with E-state index in [-0.39, 0.29) is 50.1 Å². The van der Waals surface area contributed by atoms with Crippen LogP contribution in [0, 0.1) is 10.8 Å². The van der Waals surface area contributed by atoms with Crippen molar-refractivity contribution in [3.63, 3.8) is 0 Å². The fourth-order valence-corrected chi connectivity index (χ4v) is 5.03. The van der Waals surface area contributed by atoms with E-state index in [4.69, 9.17) is 39.8 Å². The second kappa shape index (κ2) is 20.8. The van der Waals surface area contributed by atoms with Crippen molar-refractivity contribution in [1.82, 2.24) is 21.3 Å². The first-order valence-electron chi connectivity index (χ1n) is 17.0. The monoisotopic (exact) mass is 721 g/mol. The molecule has 0 heterocycles. The van der Waals surface area contributed by atoms with Crippen LogP contribution in [0.15, 0.2) is 58.5 Å². The molecule has 17 N–H and O–H groups in total. The normalized spacial score (nSPS) is 12.7. The Labute approximate surface area is 304 Å². The molecule has 2 aromatic rings. The number of hydrogen-bond acceptors (Lipinski definition) is 8. The summed E-state index contributed by atoms with van der Waals surface area (Å²) in [6.45, 7) is 6.33. The lowest BCUT2D eigenvalue weighted by Crippen LogP contribution is -2.60. The molecule has 4 amide bonds. The van der Waals surface area contributed by atoms with Crippen molar-refractivity contribution in [3.05, 3.63) is 70.8 Å². The molecule has 0 spiro atoms. The van der Waals surface area contributed by atoms with Crippen LogP contribution in [0.5, 0.6) is 0 Å². The van der Waals surface area contributed by atoms with Crippen LogP contribution in [0.2, 0.25) is 0 Å². The molecule has 2 rings (SSSR count). The number of aliphatic imine (C=N–C) groups is 2. The number of carbonyl (C=O) groups excluding carboxylic acids is 4. The van der Waals surface area contributed by atoms with Gasteiger partial charge in [-0.15, -0.1) is 0 Å². The molecular weight excluding hydrogens is 666 g/mol. The number of amides is 4. The lowest BCUT2D eigenvalue weighted by molar-refractivity contribution is -0.136. The highest BCUT2D eigenvalue weighted by Crippen LogP contribution is 2.20. The number of carbonyl (C=O) groups is 4. The van der Waals surface area contributed by atoms with Crippen LogP contribution in [0.1, 0.15) is 68.7 Å². The van der Waals surface area contributed by atoms with E-state index < -0.39 is 47.2 Å². The number of nitrogen functional groups attached to an aromatic ring is 1. The molecule has 17 heteroatoms. The predicted molar refractivity (Wildman–Crippen MR) is 202 cm³/mol. The predicted octanol–water partition coefficient (Wildman–Crippen LogP) is -1.10. The largest absolute Gasteiger partial charge is 0.384 e. The Morgan fingerprint density at radius 3 is 1.83 bits per heavy atom. The van der Waals surface area contributed by atoms with Crippen LogP contribution in [-0.2, 0) is 38.7 Å². The zero-order valence-electron chi connectivity index (χ0n) is 30.2. The van der Waals surface area contributed by atoms with Gasteiger partial charge in [0.05, 0.1) is 13.0 Å². The molecule has 0 radical (unpaired) electrons. The lowest BCUT2D eigenvalue weighted by Gasteiger charge is -2.33. The second-order valence-corrected chi connectivity index (χ2v) is 13.4. The average molecular weight is 722 g/mol. The number of nitrogens with zero attached hydrogens (tertiary/aromatic N) is 2.